The number of oxazole rings is 1. The second kappa shape index (κ2) is 12.8. The van der Waals surface area contributed by atoms with Gasteiger partial charge in [0, 0.05) is 28.8 Å². The van der Waals surface area contributed by atoms with Crippen LogP contribution in [0.1, 0.15) is 76.6 Å². The number of benzene rings is 5. The molecule has 0 aliphatic rings. The Morgan fingerprint density at radius 2 is 1.28 bits per heavy atom. The highest BCUT2D eigenvalue weighted by Gasteiger charge is 2.27. The average molecular weight is 657 g/mol. The molecule has 50 heavy (non-hydrogen) atoms. The summed E-state index contributed by atoms with van der Waals surface area (Å²) in [5.74, 6) is 0.844. The second-order valence-corrected chi connectivity index (χ2v) is 15.4. The standard InChI is InChI=1S/C46H44N2O2/c1-29(30-15-10-8-11-16-30)32-21-22-47-40(26-32)35-24-33(31-17-12-9-13-18-31)23-34(25-35)37-19-14-20-41-42(37)48-44(50-41)38-27-36(45(2,3)4)28-39(43(38)49)46(5,6)7/h8-29,49H,1-7H3. The van der Waals surface area contributed by atoms with E-state index in [0.29, 0.717) is 17.0 Å². The fraction of sp³-hybridized carbons (Fsp3) is 0.217. The highest BCUT2D eigenvalue weighted by Crippen LogP contribution is 2.44. The van der Waals surface area contributed by atoms with Crippen molar-refractivity contribution >= 4 is 11.1 Å². The zero-order valence-electron chi connectivity index (χ0n) is 30.0. The topological polar surface area (TPSA) is 59.2 Å². The van der Waals surface area contributed by atoms with Crippen LogP contribution in [-0.2, 0) is 10.8 Å². The zero-order valence-corrected chi connectivity index (χ0v) is 30.0. The molecule has 0 amide bonds. The van der Waals surface area contributed by atoms with E-state index in [4.69, 9.17) is 14.4 Å². The molecule has 1 unspecified atom stereocenters. The molecule has 0 bridgehead atoms. The summed E-state index contributed by atoms with van der Waals surface area (Å²) < 4.78 is 6.46. The van der Waals surface area contributed by atoms with E-state index in [2.05, 4.69) is 146 Å². The number of aromatic nitrogens is 2. The van der Waals surface area contributed by atoms with Crippen molar-refractivity contribution < 1.29 is 9.52 Å². The number of rotatable bonds is 6. The summed E-state index contributed by atoms with van der Waals surface area (Å²) in [6, 6.07) is 42.2. The molecule has 0 aliphatic carbocycles. The first kappa shape index (κ1) is 33.0. The van der Waals surface area contributed by atoms with Crippen LogP contribution in [0.25, 0.3) is 56.1 Å². The number of pyridine rings is 1. The molecule has 0 fully saturated rings. The predicted molar refractivity (Wildman–Crippen MR) is 207 cm³/mol. The van der Waals surface area contributed by atoms with Crippen LogP contribution in [0.2, 0.25) is 0 Å². The minimum absolute atomic E-state index is 0.127. The molecule has 2 aromatic heterocycles. The van der Waals surface area contributed by atoms with Crippen molar-refractivity contribution in [1.82, 2.24) is 9.97 Å². The van der Waals surface area contributed by atoms with Crippen molar-refractivity contribution in [2.45, 2.75) is 65.2 Å². The van der Waals surface area contributed by atoms with Gasteiger partial charge in [0.15, 0.2) is 5.58 Å². The van der Waals surface area contributed by atoms with E-state index < -0.39 is 0 Å². The zero-order chi connectivity index (χ0) is 35.2. The smallest absolute Gasteiger partial charge is 0.231 e. The van der Waals surface area contributed by atoms with Crippen LogP contribution in [0, 0.1) is 0 Å². The Kier molecular flexibility index (Phi) is 8.43. The van der Waals surface area contributed by atoms with E-state index in [1.165, 1.54) is 11.1 Å². The molecular weight excluding hydrogens is 613 g/mol. The van der Waals surface area contributed by atoms with Gasteiger partial charge in [-0.3, -0.25) is 4.98 Å². The fourth-order valence-electron chi connectivity index (χ4n) is 6.64. The molecule has 7 rings (SSSR count). The molecule has 0 aliphatic heterocycles. The van der Waals surface area contributed by atoms with Crippen molar-refractivity contribution in [2.24, 2.45) is 0 Å². The normalized spacial score (nSPS) is 12.7. The summed E-state index contributed by atoms with van der Waals surface area (Å²) in [4.78, 5) is 9.97. The molecule has 0 saturated heterocycles. The van der Waals surface area contributed by atoms with Gasteiger partial charge < -0.3 is 9.52 Å². The van der Waals surface area contributed by atoms with Crippen molar-refractivity contribution in [2.75, 3.05) is 0 Å². The maximum absolute atomic E-state index is 11.6. The molecule has 4 nitrogen and oxygen atoms in total. The van der Waals surface area contributed by atoms with Gasteiger partial charge in [-0.15, -0.1) is 0 Å². The first-order valence-electron chi connectivity index (χ1n) is 17.4. The Balaban J connectivity index is 1.39. The Labute approximate surface area is 295 Å². The van der Waals surface area contributed by atoms with Gasteiger partial charge in [-0.2, -0.15) is 0 Å². The van der Waals surface area contributed by atoms with Gasteiger partial charge in [-0.05, 0) is 86.7 Å². The van der Waals surface area contributed by atoms with Crippen LogP contribution < -0.4 is 0 Å². The van der Waals surface area contributed by atoms with Crippen LogP contribution in [0.3, 0.4) is 0 Å². The summed E-state index contributed by atoms with van der Waals surface area (Å²) >= 11 is 0. The maximum atomic E-state index is 11.6. The van der Waals surface area contributed by atoms with Gasteiger partial charge in [-0.25, -0.2) is 4.98 Å². The van der Waals surface area contributed by atoms with Crippen LogP contribution in [0.5, 0.6) is 5.75 Å². The van der Waals surface area contributed by atoms with Gasteiger partial charge in [0.2, 0.25) is 5.89 Å². The van der Waals surface area contributed by atoms with Crippen LogP contribution in [0.15, 0.2) is 132 Å². The summed E-state index contributed by atoms with van der Waals surface area (Å²) in [6.07, 6.45) is 1.91. The van der Waals surface area contributed by atoms with Crippen molar-refractivity contribution in [3.8, 4) is 50.7 Å². The number of para-hydroxylation sites is 1. The lowest BCUT2D eigenvalue weighted by Crippen LogP contribution is -2.17. The Morgan fingerprint density at radius 3 is 1.98 bits per heavy atom. The first-order chi connectivity index (χ1) is 23.9. The minimum Gasteiger partial charge on any atom is -0.507 e. The third kappa shape index (κ3) is 6.46. The van der Waals surface area contributed by atoms with E-state index >= 15 is 0 Å². The Hall–Kier alpha value is -5.48. The molecule has 4 heteroatoms. The number of aromatic hydroxyl groups is 1. The lowest BCUT2D eigenvalue weighted by molar-refractivity contribution is 0.444. The molecule has 0 spiro atoms. The molecule has 5 aromatic carbocycles. The second-order valence-electron chi connectivity index (χ2n) is 15.4. The highest BCUT2D eigenvalue weighted by molar-refractivity contribution is 5.94. The molecule has 7 aromatic rings. The summed E-state index contributed by atoms with van der Waals surface area (Å²) in [5, 5.41) is 11.6. The molecule has 2 heterocycles. The van der Waals surface area contributed by atoms with Crippen molar-refractivity contribution in [3.63, 3.8) is 0 Å². The highest BCUT2D eigenvalue weighted by atomic mass is 16.3. The monoisotopic (exact) mass is 656 g/mol. The van der Waals surface area contributed by atoms with E-state index in [9.17, 15) is 5.11 Å². The van der Waals surface area contributed by atoms with E-state index in [-0.39, 0.29) is 22.5 Å². The van der Waals surface area contributed by atoms with E-state index in [1.54, 1.807) is 0 Å². The Bertz CT molecular complexity index is 2310. The number of nitrogens with zero attached hydrogens (tertiary/aromatic N) is 2. The number of fused-ring (bicyclic) bond motifs is 1. The van der Waals surface area contributed by atoms with Crippen LogP contribution in [-0.4, -0.2) is 15.1 Å². The molecule has 0 saturated carbocycles. The number of hydrogen-bond donors (Lipinski definition) is 1. The van der Waals surface area contributed by atoms with Crippen LogP contribution in [0.4, 0.5) is 0 Å². The van der Waals surface area contributed by atoms with E-state index in [0.717, 1.165) is 50.2 Å². The maximum Gasteiger partial charge on any atom is 0.231 e. The lowest BCUT2D eigenvalue weighted by atomic mass is 9.79. The van der Waals surface area contributed by atoms with Gasteiger partial charge in [-0.1, -0.05) is 127 Å². The van der Waals surface area contributed by atoms with Gasteiger partial charge in [0.25, 0.3) is 0 Å². The third-order valence-electron chi connectivity index (χ3n) is 9.66. The van der Waals surface area contributed by atoms with Crippen molar-refractivity contribution in [3.05, 3.63) is 150 Å². The molecule has 1 N–H and O–H groups in total. The Morgan fingerprint density at radius 1 is 0.600 bits per heavy atom. The number of phenolic OH excluding ortho intramolecular Hbond substituents is 1. The summed E-state index contributed by atoms with van der Waals surface area (Å²) in [7, 11) is 0. The minimum atomic E-state index is -0.268. The number of hydrogen-bond acceptors (Lipinski definition) is 4. The third-order valence-corrected chi connectivity index (χ3v) is 9.66. The molecular formula is C46H44N2O2. The quantitative estimate of drug-likeness (QED) is 0.193. The SMILES string of the molecule is CC(c1ccccc1)c1ccnc(-c2cc(-c3ccccc3)cc(-c3cccc4oc(-c5cc(C(C)(C)C)cc(C(C)(C)C)c5O)nc34)c2)c1. The summed E-state index contributed by atoms with van der Waals surface area (Å²) in [6.45, 7) is 15.1. The average Bonchev–Trinajstić information content (AvgIpc) is 3.55. The van der Waals surface area contributed by atoms with Crippen LogP contribution >= 0.6 is 0 Å². The molecule has 1 atom stereocenters. The fourth-order valence-corrected chi connectivity index (χ4v) is 6.64. The summed E-state index contributed by atoms with van der Waals surface area (Å²) in [5.41, 5.74) is 12.2. The predicted octanol–water partition coefficient (Wildman–Crippen LogP) is 12.3. The van der Waals surface area contributed by atoms with Crippen molar-refractivity contribution in [1.29, 1.82) is 0 Å². The van der Waals surface area contributed by atoms with Gasteiger partial charge >= 0.3 is 0 Å². The number of phenols is 1. The molecule has 250 valence electrons. The largest absolute Gasteiger partial charge is 0.507 e. The van der Waals surface area contributed by atoms with Gasteiger partial charge in [0.05, 0.1) is 11.3 Å². The lowest BCUT2D eigenvalue weighted by Gasteiger charge is -2.27. The van der Waals surface area contributed by atoms with E-state index in [1.807, 2.05) is 30.5 Å². The first-order valence-corrected chi connectivity index (χ1v) is 17.4. The van der Waals surface area contributed by atoms with Gasteiger partial charge in [0.1, 0.15) is 11.3 Å². The molecule has 0 radical (unpaired) electrons.